The largest absolute Gasteiger partial charge is 0.356 e. The lowest BCUT2D eigenvalue weighted by Crippen LogP contribution is -2.39. The van der Waals surface area contributed by atoms with Crippen LogP contribution in [-0.2, 0) is 20.0 Å². The molecule has 2 N–H and O–H groups in total. The molecule has 7 nitrogen and oxygen atoms in total. The van der Waals surface area contributed by atoms with Gasteiger partial charge in [-0.3, -0.25) is 9.67 Å². The summed E-state index contributed by atoms with van der Waals surface area (Å²) < 4.78 is 1.84. The van der Waals surface area contributed by atoms with Gasteiger partial charge in [-0.15, -0.1) is 24.0 Å². The molecule has 3 aromatic rings. The fourth-order valence-corrected chi connectivity index (χ4v) is 2.99. The molecule has 2 heterocycles. The molecule has 28 heavy (non-hydrogen) atoms. The van der Waals surface area contributed by atoms with Gasteiger partial charge in [-0.05, 0) is 24.0 Å². The number of halogens is 1. The van der Waals surface area contributed by atoms with E-state index in [0.29, 0.717) is 6.54 Å². The van der Waals surface area contributed by atoms with E-state index in [1.165, 1.54) is 5.56 Å². The molecule has 8 heteroatoms. The Bertz CT molecular complexity index is 870. The lowest BCUT2D eigenvalue weighted by molar-refractivity contribution is 0.463. The predicted octanol–water partition coefficient (Wildman–Crippen LogP) is 3.07. The second-order valence-electron chi connectivity index (χ2n) is 6.57. The third-order valence-corrected chi connectivity index (χ3v) is 4.36. The second-order valence-corrected chi connectivity index (χ2v) is 6.57. The van der Waals surface area contributed by atoms with Crippen molar-refractivity contribution >= 4 is 29.9 Å². The lowest BCUT2D eigenvalue weighted by Gasteiger charge is -2.21. The first-order valence-electron chi connectivity index (χ1n) is 9.14. The molecular weight excluding hydrogens is 465 g/mol. The highest BCUT2D eigenvalue weighted by molar-refractivity contribution is 14.0. The van der Waals surface area contributed by atoms with Gasteiger partial charge >= 0.3 is 0 Å². The van der Waals surface area contributed by atoms with Crippen LogP contribution in [0.4, 0.5) is 0 Å². The number of hydrogen-bond donors (Lipinski definition) is 2. The fraction of sp³-hybridized carbons (Fsp3) is 0.350. The first kappa shape index (κ1) is 21.9. The molecule has 0 spiro atoms. The van der Waals surface area contributed by atoms with Gasteiger partial charge < -0.3 is 15.2 Å². The topological polar surface area (TPSA) is 74.1 Å². The van der Waals surface area contributed by atoms with Crippen LogP contribution < -0.4 is 5.32 Å². The average Bonchev–Trinajstić information content (AvgIpc) is 3.31. The number of hydrogen-bond acceptors (Lipinski definition) is 3. The van der Waals surface area contributed by atoms with Gasteiger partial charge in [0.2, 0.25) is 0 Å². The van der Waals surface area contributed by atoms with Crippen molar-refractivity contribution in [3.8, 4) is 11.3 Å². The van der Waals surface area contributed by atoms with Crippen LogP contribution in [0.15, 0.2) is 53.9 Å². The van der Waals surface area contributed by atoms with Crippen molar-refractivity contribution < 1.29 is 0 Å². The van der Waals surface area contributed by atoms with E-state index in [4.69, 9.17) is 0 Å². The maximum Gasteiger partial charge on any atom is 0.193 e. The van der Waals surface area contributed by atoms with Gasteiger partial charge in [0, 0.05) is 33.9 Å². The molecule has 0 aliphatic rings. The van der Waals surface area contributed by atoms with Crippen molar-refractivity contribution in [1.29, 1.82) is 0 Å². The number of aromatic nitrogens is 4. The van der Waals surface area contributed by atoms with Crippen molar-refractivity contribution in [1.82, 2.24) is 30.0 Å². The first-order valence-corrected chi connectivity index (χ1v) is 9.14. The Balaban J connectivity index is 0.00000280. The predicted molar refractivity (Wildman–Crippen MR) is 124 cm³/mol. The Labute approximate surface area is 183 Å². The fourth-order valence-electron chi connectivity index (χ4n) is 2.99. The van der Waals surface area contributed by atoms with Crippen LogP contribution in [0.3, 0.4) is 0 Å². The van der Waals surface area contributed by atoms with E-state index in [0.717, 1.165) is 42.4 Å². The molecule has 0 fully saturated rings. The van der Waals surface area contributed by atoms with Crippen LogP contribution in [0, 0.1) is 0 Å². The van der Waals surface area contributed by atoms with E-state index in [1.54, 1.807) is 7.05 Å². The highest BCUT2D eigenvalue weighted by atomic mass is 127. The summed E-state index contributed by atoms with van der Waals surface area (Å²) in [5.41, 5.74) is 3.42. The van der Waals surface area contributed by atoms with Crippen molar-refractivity contribution in [2.24, 2.45) is 12.0 Å². The van der Waals surface area contributed by atoms with E-state index >= 15 is 0 Å². The third-order valence-electron chi connectivity index (χ3n) is 4.36. The Hall–Kier alpha value is -2.36. The van der Waals surface area contributed by atoms with Crippen LogP contribution in [0.25, 0.3) is 11.3 Å². The van der Waals surface area contributed by atoms with Gasteiger partial charge in [-0.1, -0.05) is 30.3 Å². The zero-order valence-electron chi connectivity index (χ0n) is 16.6. The molecule has 2 aromatic heterocycles. The summed E-state index contributed by atoms with van der Waals surface area (Å²) in [5.74, 6) is 1.77. The first-order chi connectivity index (χ1) is 13.2. The van der Waals surface area contributed by atoms with Gasteiger partial charge in [0.05, 0.1) is 24.6 Å². The number of rotatable bonds is 7. The summed E-state index contributed by atoms with van der Waals surface area (Å²) in [5, 5.41) is 7.61. The quantitative estimate of drug-likeness (QED) is 0.230. The molecule has 0 unspecified atom stereocenters. The molecule has 0 amide bonds. The molecule has 0 aliphatic heterocycles. The number of nitrogens with one attached hydrogen (secondary N) is 2. The molecule has 0 aliphatic carbocycles. The summed E-state index contributed by atoms with van der Waals surface area (Å²) in [6, 6.07) is 10.2. The van der Waals surface area contributed by atoms with E-state index in [1.807, 2.05) is 49.4 Å². The van der Waals surface area contributed by atoms with Crippen LogP contribution >= 0.6 is 24.0 Å². The van der Waals surface area contributed by atoms with Gasteiger partial charge in [0.1, 0.15) is 5.82 Å². The monoisotopic (exact) mass is 493 g/mol. The number of H-pyrrole nitrogens is 1. The molecule has 0 bridgehead atoms. The average molecular weight is 493 g/mol. The van der Waals surface area contributed by atoms with Crippen molar-refractivity contribution in [2.45, 2.75) is 19.4 Å². The number of nitrogens with zero attached hydrogens (tertiary/aromatic N) is 5. The summed E-state index contributed by atoms with van der Waals surface area (Å²) in [4.78, 5) is 14.3. The molecule has 0 saturated carbocycles. The van der Waals surface area contributed by atoms with Gasteiger partial charge in [0.25, 0.3) is 0 Å². The van der Waals surface area contributed by atoms with Crippen molar-refractivity contribution in [3.05, 3.63) is 60.3 Å². The van der Waals surface area contributed by atoms with E-state index in [9.17, 15) is 0 Å². The SMILES string of the molecule is CN=C(NCCCc1cnn(C)c1)N(C)Cc1ncc(-c2ccccc2)[nH]1.I. The number of imidazole rings is 1. The van der Waals surface area contributed by atoms with Crippen LogP contribution in [-0.4, -0.2) is 51.2 Å². The Kier molecular flexibility index (Phi) is 8.49. The van der Waals surface area contributed by atoms with E-state index in [-0.39, 0.29) is 24.0 Å². The third kappa shape index (κ3) is 6.08. The Morgan fingerprint density at radius 2 is 2.04 bits per heavy atom. The summed E-state index contributed by atoms with van der Waals surface area (Å²) in [6.07, 6.45) is 7.88. The highest BCUT2D eigenvalue weighted by Crippen LogP contribution is 2.16. The van der Waals surface area contributed by atoms with Crippen molar-refractivity contribution in [2.75, 3.05) is 20.6 Å². The smallest absolute Gasteiger partial charge is 0.193 e. The normalized spacial score (nSPS) is 11.2. The van der Waals surface area contributed by atoms with Crippen molar-refractivity contribution in [3.63, 3.8) is 0 Å². The number of benzene rings is 1. The number of aromatic amines is 1. The standard InChI is InChI=1S/C20H27N7.HI/c1-21-20(22-11-7-8-16-12-24-27(3)14-16)26(2)15-19-23-13-18(25-19)17-9-5-4-6-10-17;/h4-6,9-10,12-14H,7-8,11,15H2,1-3H3,(H,21,22)(H,23,25);1H. The van der Waals surface area contributed by atoms with Gasteiger partial charge in [-0.25, -0.2) is 4.98 Å². The zero-order chi connectivity index (χ0) is 19.1. The molecule has 150 valence electrons. The number of aryl methyl sites for hydroxylation is 2. The second kappa shape index (κ2) is 10.8. The molecule has 3 rings (SSSR count). The Morgan fingerprint density at radius 1 is 1.25 bits per heavy atom. The maximum atomic E-state index is 4.50. The molecule has 1 aromatic carbocycles. The minimum Gasteiger partial charge on any atom is -0.356 e. The highest BCUT2D eigenvalue weighted by Gasteiger charge is 2.09. The van der Waals surface area contributed by atoms with Crippen LogP contribution in [0.2, 0.25) is 0 Å². The maximum absolute atomic E-state index is 4.50. The number of aliphatic imine (C=N–C) groups is 1. The van der Waals surface area contributed by atoms with Crippen LogP contribution in [0.5, 0.6) is 0 Å². The molecule has 0 atom stereocenters. The van der Waals surface area contributed by atoms with Crippen LogP contribution in [0.1, 0.15) is 17.8 Å². The van der Waals surface area contributed by atoms with Gasteiger partial charge in [-0.2, -0.15) is 5.10 Å². The zero-order valence-corrected chi connectivity index (χ0v) is 18.9. The van der Waals surface area contributed by atoms with E-state index in [2.05, 4.69) is 48.6 Å². The molecule has 0 radical (unpaired) electrons. The minimum absolute atomic E-state index is 0. The van der Waals surface area contributed by atoms with E-state index < -0.39 is 0 Å². The minimum atomic E-state index is 0. The summed E-state index contributed by atoms with van der Waals surface area (Å²) >= 11 is 0. The van der Waals surface area contributed by atoms with Gasteiger partial charge in [0.15, 0.2) is 5.96 Å². The number of guanidine groups is 1. The Morgan fingerprint density at radius 3 is 2.71 bits per heavy atom. The summed E-state index contributed by atoms with van der Waals surface area (Å²) in [7, 11) is 5.76. The molecule has 0 saturated heterocycles. The lowest BCUT2D eigenvalue weighted by atomic mass is 10.2. The summed E-state index contributed by atoms with van der Waals surface area (Å²) in [6.45, 7) is 1.52. The molecular formula is C20H28IN7.